The molecule has 0 aliphatic carbocycles. The molecule has 1 rings (SSSR count). The van der Waals surface area contributed by atoms with Crippen LogP contribution in [0, 0.1) is 0 Å². The predicted molar refractivity (Wildman–Crippen MR) is 67.3 cm³/mol. The van der Waals surface area contributed by atoms with Gasteiger partial charge in [0.25, 0.3) is 0 Å². The van der Waals surface area contributed by atoms with Crippen LogP contribution in [0.25, 0.3) is 0 Å². The van der Waals surface area contributed by atoms with Crippen LogP contribution in [0.3, 0.4) is 0 Å². The molecule has 0 radical (unpaired) electrons. The molecule has 0 aromatic heterocycles. The standard InChI is InChI=1S/C10H24N4.CH2O/c11-4-1-2-7-14-8-6-13-9-10(14)3-5-12;1-2/h10,13H,1-9,11-12H2;1H2. The van der Waals surface area contributed by atoms with Crippen LogP contribution in [0.15, 0.2) is 0 Å². The van der Waals surface area contributed by atoms with Crippen LogP contribution in [-0.4, -0.2) is 57.0 Å². The third kappa shape index (κ3) is 6.17. The number of hydrogen-bond donors (Lipinski definition) is 3. The summed E-state index contributed by atoms with van der Waals surface area (Å²) in [5.74, 6) is 0. The molecule has 1 unspecified atom stereocenters. The molecule has 0 aromatic rings. The van der Waals surface area contributed by atoms with Gasteiger partial charge in [-0.15, -0.1) is 0 Å². The van der Waals surface area contributed by atoms with Gasteiger partial charge in [0.15, 0.2) is 0 Å². The second kappa shape index (κ2) is 11.0. The van der Waals surface area contributed by atoms with E-state index in [0.29, 0.717) is 6.04 Å². The summed E-state index contributed by atoms with van der Waals surface area (Å²) in [5, 5.41) is 3.42. The van der Waals surface area contributed by atoms with E-state index < -0.39 is 0 Å². The Morgan fingerprint density at radius 1 is 1.25 bits per heavy atom. The molecule has 0 spiro atoms. The molecule has 1 saturated heterocycles. The van der Waals surface area contributed by atoms with Gasteiger partial charge < -0.3 is 21.6 Å². The number of carbonyl (C=O) groups excluding carboxylic acids is 1. The maximum Gasteiger partial charge on any atom is 0.106 e. The van der Waals surface area contributed by atoms with E-state index in [0.717, 1.165) is 45.6 Å². The smallest absolute Gasteiger partial charge is 0.106 e. The van der Waals surface area contributed by atoms with E-state index in [9.17, 15) is 0 Å². The zero-order valence-corrected chi connectivity index (χ0v) is 10.2. The number of carbonyl (C=O) groups is 1. The molecule has 1 aliphatic rings. The van der Waals surface area contributed by atoms with E-state index in [1.807, 2.05) is 6.79 Å². The SMILES string of the molecule is C=O.NCCCCN1CCNCC1CCN. The van der Waals surface area contributed by atoms with Crippen molar-refractivity contribution in [3.63, 3.8) is 0 Å². The second-order valence-corrected chi connectivity index (χ2v) is 3.97. The lowest BCUT2D eigenvalue weighted by Gasteiger charge is -2.36. The number of rotatable bonds is 6. The van der Waals surface area contributed by atoms with Gasteiger partial charge in [0, 0.05) is 25.7 Å². The van der Waals surface area contributed by atoms with Gasteiger partial charge in [0.1, 0.15) is 6.79 Å². The van der Waals surface area contributed by atoms with Crippen LogP contribution in [0.2, 0.25) is 0 Å². The van der Waals surface area contributed by atoms with Crippen LogP contribution < -0.4 is 16.8 Å². The first-order chi connectivity index (χ1) is 7.88. The maximum atomic E-state index is 8.00. The highest BCUT2D eigenvalue weighted by Gasteiger charge is 2.20. The summed E-state index contributed by atoms with van der Waals surface area (Å²) in [5.41, 5.74) is 11.1. The van der Waals surface area contributed by atoms with E-state index in [1.165, 1.54) is 13.0 Å². The van der Waals surface area contributed by atoms with Crippen LogP contribution in [0.4, 0.5) is 0 Å². The topological polar surface area (TPSA) is 84.4 Å². The van der Waals surface area contributed by atoms with E-state index in [1.54, 1.807) is 0 Å². The van der Waals surface area contributed by atoms with E-state index in [4.69, 9.17) is 16.3 Å². The third-order valence-corrected chi connectivity index (χ3v) is 2.87. The Morgan fingerprint density at radius 3 is 2.62 bits per heavy atom. The summed E-state index contributed by atoms with van der Waals surface area (Å²) >= 11 is 0. The number of nitrogens with one attached hydrogen (secondary N) is 1. The average Bonchev–Trinajstić information content (AvgIpc) is 2.35. The highest BCUT2D eigenvalue weighted by Crippen LogP contribution is 2.07. The fraction of sp³-hybridized carbons (Fsp3) is 0.909. The first kappa shape index (κ1) is 15.5. The van der Waals surface area contributed by atoms with Crippen molar-refractivity contribution in [3.05, 3.63) is 0 Å². The van der Waals surface area contributed by atoms with Gasteiger partial charge in [0.05, 0.1) is 0 Å². The molecule has 0 bridgehead atoms. The van der Waals surface area contributed by atoms with E-state index in [-0.39, 0.29) is 0 Å². The zero-order chi connectivity index (χ0) is 12.2. The molecule has 96 valence electrons. The predicted octanol–water partition coefficient (Wildman–Crippen LogP) is -0.837. The van der Waals surface area contributed by atoms with Gasteiger partial charge in [-0.1, -0.05) is 0 Å². The van der Waals surface area contributed by atoms with Crippen molar-refractivity contribution in [1.29, 1.82) is 0 Å². The van der Waals surface area contributed by atoms with Gasteiger partial charge in [-0.05, 0) is 38.9 Å². The normalized spacial score (nSPS) is 21.2. The summed E-state index contributed by atoms with van der Waals surface area (Å²) in [7, 11) is 0. The van der Waals surface area contributed by atoms with Crippen molar-refractivity contribution in [2.45, 2.75) is 25.3 Å². The minimum Gasteiger partial charge on any atom is -0.330 e. The molecule has 1 heterocycles. The molecule has 5 N–H and O–H groups in total. The van der Waals surface area contributed by atoms with Crippen LogP contribution in [-0.2, 0) is 4.79 Å². The van der Waals surface area contributed by atoms with Crippen LogP contribution in [0.1, 0.15) is 19.3 Å². The average molecular weight is 230 g/mol. The minimum atomic E-state index is 0.645. The van der Waals surface area contributed by atoms with E-state index in [2.05, 4.69) is 10.2 Å². The Hall–Kier alpha value is -0.490. The number of nitrogens with zero attached hydrogens (tertiary/aromatic N) is 1. The van der Waals surface area contributed by atoms with Crippen molar-refractivity contribution in [1.82, 2.24) is 10.2 Å². The van der Waals surface area contributed by atoms with Gasteiger partial charge >= 0.3 is 0 Å². The Morgan fingerprint density at radius 2 is 2.00 bits per heavy atom. The molecule has 1 fully saturated rings. The quantitative estimate of drug-likeness (QED) is 0.518. The van der Waals surface area contributed by atoms with Gasteiger partial charge in [0.2, 0.25) is 0 Å². The number of piperazine rings is 1. The molecule has 1 aliphatic heterocycles. The Balaban J connectivity index is 0.00000106. The Labute approximate surface area is 98.5 Å². The lowest BCUT2D eigenvalue weighted by molar-refractivity contribution is -0.0979. The lowest BCUT2D eigenvalue weighted by atomic mass is 10.1. The maximum absolute atomic E-state index is 8.00. The monoisotopic (exact) mass is 230 g/mol. The Kier molecular flexibility index (Phi) is 10.7. The molecule has 0 amide bonds. The molecular weight excluding hydrogens is 204 g/mol. The van der Waals surface area contributed by atoms with Crippen molar-refractivity contribution < 1.29 is 4.79 Å². The van der Waals surface area contributed by atoms with Crippen molar-refractivity contribution in [2.24, 2.45) is 11.5 Å². The lowest BCUT2D eigenvalue weighted by Crippen LogP contribution is -2.52. The van der Waals surface area contributed by atoms with Crippen molar-refractivity contribution >= 4 is 6.79 Å². The highest BCUT2D eigenvalue weighted by atomic mass is 16.1. The second-order valence-electron chi connectivity index (χ2n) is 3.97. The van der Waals surface area contributed by atoms with Crippen LogP contribution >= 0.6 is 0 Å². The summed E-state index contributed by atoms with van der Waals surface area (Å²) in [6.45, 7) is 8.16. The first-order valence-electron chi connectivity index (χ1n) is 6.02. The largest absolute Gasteiger partial charge is 0.330 e. The van der Waals surface area contributed by atoms with Gasteiger partial charge in [-0.3, -0.25) is 4.90 Å². The third-order valence-electron chi connectivity index (χ3n) is 2.87. The fourth-order valence-corrected chi connectivity index (χ4v) is 2.03. The molecule has 1 atom stereocenters. The minimum absolute atomic E-state index is 0.645. The molecule has 5 nitrogen and oxygen atoms in total. The van der Waals surface area contributed by atoms with Gasteiger partial charge in [-0.2, -0.15) is 0 Å². The summed E-state index contributed by atoms with van der Waals surface area (Å²) in [6, 6.07) is 0.645. The number of unbranched alkanes of at least 4 members (excludes halogenated alkanes) is 1. The molecule has 5 heteroatoms. The molecular formula is C11H26N4O. The van der Waals surface area contributed by atoms with Gasteiger partial charge in [-0.25, -0.2) is 0 Å². The Bertz CT molecular complexity index is 155. The highest BCUT2D eigenvalue weighted by molar-refractivity contribution is 5.10. The van der Waals surface area contributed by atoms with Crippen molar-refractivity contribution in [3.8, 4) is 0 Å². The van der Waals surface area contributed by atoms with E-state index >= 15 is 0 Å². The first-order valence-corrected chi connectivity index (χ1v) is 6.02. The molecule has 0 aromatic carbocycles. The van der Waals surface area contributed by atoms with Crippen molar-refractivity contribution in [2.75, 3.05) is 39.3 Å². The summed E-state index contributed by atoms with van der Waals surface area (Å²) < 4.78 is 0. The summed E-state index contributed by atoms with van der Waals surface area (Å²) in [6.07, 6.45) is 3.46. The number of nitrogens with two attached hydrogens (primary N) is 2. The summed E-state index contributed by atoms with van der Waals surface area (Å²) in [4.78, 5) is 10.6. The molecule has 16 heavy (non-hydrogen) atoms. The number of hydrogen-bond acceptors (Lipinski definition) is 5. The fourth-order valence-electron chi connectivity index (χ4n) is 2.03. The molecule has 0 saturated carbocycles. The zero-order valence-electron chi connectivity index (χ0n) is 10.2. The van der Waals surface area contributed by atoms with Crippen LogP contribution in [0.5, 0.6) is 0 Å².